The van der Waals surface area contributed by atoms with E-state index in [0.717, 1.165) is 48.3 Å². The molecule has 3 nitrogen and oxygen atoms in total. The molecular weight excluding hydrogens is 406 g/mol. The first-order valence-electron chi connectivity index (χ1n) is 14.2. The molecule has 0 aromatic rings. The first-order chi connectivity index (χ1) is 15.5. The molecule has 8 atom stereocenters. The molecule has 0 aliphatic heterocycles. The molecule has 0 amide bonds. The van der Waals surface area contributed by atoms with Crippen LogP contribution in [0.1, 0.15) is 112 Å². The summed E-state index contributed by atoms with van der Waals surface area (Å²) in [5.41, 5.74) is 6.50. The van der Waals surface area contributed by atoms with E-state index in [9.17, 15) is 9.90 Å². The van der Waals surface area contributed by atoms with E-state index < -0.39 is 5.60 Å². The van der Waals surface area contributed by atoms with Gasteiger partial charge in [0.05, 0.1) is 0 Å². The van der Waals surface area contributed by atoms with Gasteiger partial charge in [0, 0.05) is 12.8 Å². The van der Waals surface area contributed by atoms with E-state index in [0.29, 0.717) is 31.2 Å². The minimum atomic E-state index is -1.18. The van der Waals surface area contributed by atoms with Gasteiger partial charge < -0.3 is 10.8 Å². The Morgan fingerprint density at radius 2 is 1.85 bits per heavy atom. The van der Waals surface area contributed by atoms with E-state index in [-0.39, 0.29) is 11.2 Å². The van der Waals surface area contributed by atoms with Gasteiger partial charge in [0.25, 0.3) is 0 Å². The lowest BCUT2D eigenvalue weighted by atomic mass is 9.46. The maximum absolute atomic E-state index is 12.6. The number of hydrogen-bond donors (Lipinski definition) is 2. The van der Waals surface area contributed by atoms with Gasteiger partial charge in [-0.1, -0.05) is 65.5 Å². The van der Waals surface area contributed by atoms with Crippen LogP contribution in [0.15, 0.2) is 11.6 Å². The number of aliphatic hydroxyl groups is 1. The summed E-state index contributed by atoms with van der Waals surface area (Å²) in [5, 5.41) is 11.2. The third kappa shape index (κ3) is 4.39. The summed E-state index contributed by atoms with van der Waals surface area (Å²) in [5.74, 6) is 4.87. The maximum Gasteiger partial charge on any atom is 0.165 e. The van der Waals surface area contributed by atoms with Crippen LogP contribution in [0.25, 0.3) is 0 Å². The fourth-order valence-electron chi connectivity index (χ4n) is 9.27. The monoisotopic (exact) mass is 457 g/mol. The van der Waals surface area contributed by atoms with Gasteiger partial charge in [-0.05, 0) is 97.8 Å². The lowest BCUT2D eigenvalue weighted by molar-refractivity contribution is -0.142. The van der Waals surface area contributed by atoms with Crippen LogP contribution in [0.3, 0.4) is 0 Å². The Bertz CT molecular complexity index is 758. The molecular formula is C30H51NO2. The van der Waals surface area contributed by atoms with Crippen molar-refractivity contribution >= 4 is 5.78 Å². The van der Waals surface area contributed by atoms with Crippen LogP contribution in [0.4, 0.5) is 0 Å². The van der Waals surface area contributed by atoms with Crippen molar-refractivity contribution in [2.45, 2.75) is 117 Å². The number of ketones is 1. The molecule has 1 unspecified atom stereocenters. The number of Topliss-reactive ketones (excluding diaryl/α,β-unsaturated/α-hetero) is 1. The minimum absolute atomic E-state index is 0.0450. The summed E-state index contributed by atoms with van der Waals surface area (Å²) in [4.78, 5) is 12.6. The highest BCUT2D eigenvalue weighted by Gasteiger charge is 2.60. The molecule has 0 saturated heterocycles. The Balaban J connectivity index is 1.49. The van der Waals surface area contributed by atoms with Crippen LogP contribution < -0.4 is 5.73 Å². The first kappa shape index (κ1) is 25.4. The number of rotatable bonds is 8. The zero-order valence-electron chi connectivity index (χ0n) is 22.2. The van der Waals surface area contributed by atoms with Gasteiger partial charge in [0.2, 0.25) is 0 Å². The van der Waals surface area contributed by atoms with Crippen molar-refractivity contribution in [1.29, 1.82) is 0 Å². The average molecular weight is 458 g/mol. The Morgan fingerprint density at radius 3 is 2.55 bits per heavy atom. The molecule has 3 N–H and O–H groups in total. The van der Waals surface area contributed by atoms with E-state index in [2.05, 4.69) is 40.7 Å². The van der Waals surface area contributed by atoms with Crippen molar-refractivity contribution < 1.29 is 9.90 Å². The predicted molar refractivity (Wildman–Crippen MR) is 137 cm³/mol. The molecule has 0 radical (unpaired) electrons. The molecule has 3 saturated carbocycles. The molecule has 0 aromatic carbocycles. The van der Waals surface area contributed by atoms with Crippen molar-refractivity contribution in [2.24, 2.45) is 52.1 Å². The summed E-state index contributed by atoms with van der Waals surface area (Å²) >= 11 is 0. The summed E-state index contributed by atoms with van der Waals surface area (Å²) < 4.78 is 0. The second-order valence-corrected chi connectivity index (χ2v) is 13.5. The SMILES string of the molecule is CC(C)CCC[C@@H](C)[C@H]1CC[C@H]2[C@@H]3CC=C4CC(O)(C(=O)CCN)CC[C@]4(C)[C@H]3CC[C@]12C. The van der Waals surface area contributed by atoms with Gasteiger partial charge in [-0.2, -0.15) is 0 Å². The zero-order chi connectivity index (χ0) is 24.0. The zero-order valence-corrected chi connectivity index (χ0v) is 22.2. The number of nitrogens with two attached hydrogens (primary N) is 1. The predicted octanol–water partition coefficient (Wildman–Crippen LogP) is 6.68. The summed E-state index contributed by atoms with van der Waals surface area (Å²) in [6.45, 7) is 12.7. The van der Waals surface area contributed by atoms with Crippen LogP contribution >= 0.6 is 0 Å². The van der Waals surface area contributed by atoms with Gasteiger partial charge in [0.15, 0.2) is 5.78 Å². The number of hydrogen-bond acceptors (Lipinski definition) is 3. The van der Waals surface area contributed by atoms with Crippen LogP contribution in [-0.4, -0.2) is 23.0 Å². The topological polar surface area (TPSA) is 63.3 Å². The fraction of sp³-hybridized carbons (Fsp3) is 0.900. The Kier molecular flexibility index (Phi) is 7.25. The molecule has 0 heterocycles. The molecule has 33 heavy (non-hydrogen) atoms. The number of allylic oxidation sites excluding steroid dienone is 1. The number of carbonyl (C=O) groups is 1. The molecule has 0 aromatic heterocycles. The van der Waals surface area contributed by atoms with Gasteiger partial charge >= 0.3 is 0 Å². The molecule has 0 bridgehead atoms. The third-order valence-electron chi connectivity index (χ3n) is 11.3. The minimum Gasteiger partial charge on any atom is -0.382 e. The maximum atomic E-state index is 12.6. The Morgan fingerprint density at radius 1 is 1.09 bits per heavy atom. The Hall–Kier alpha value is -0.670. The number of fused-ring (bicyclic) bond motifs is 5. The van der Waals surface area contributed by atoms with E-state index >= 15 is 0 Å². The van der Waals surface area contributed by atoms with Crippen molar-refractivity contribution in [2.75, 3.05) is 6.54 Å². The lowest BCUT2D eigenvalue weighted by Crippen LogP contribution is -2.54. The van der Waals surface area contributed by atoms with Gasteiger partial charge in [-0.25, -0.2) is 0 Å². The quantitative estimate of drug-likeness (QED) is 0.400. The van der Waals surface area contributed by atoms with E-state index in [1.165, 1.54) is 50.5 Å². The van der Waals surface area contributed by atoms with Crippen LogP contribution in [-0.2, 0) is 4.79 Å². The van der Waals surface area contributed by atoms with Crippen molar-refractivity contribution in [1.82, 2.24) is 0 Å². The first-order valence-corrected chi connectivity index (χ1v) is 14.2. The van der Waals surface area contributed by atoms with E-state index in [1.807, 2.05) is 0 Å². The second kappa shape index (κ2) is 9.41. The molecule has 4 aliphatic carbocycles. The van der Waals surface area contributed by atoms with Crippen molar-refractivity contribution in [3.63, 3.8) is 0 Å². The van der Waals surface area contributed by atoms with Crippen molar-refractivity contribution in [3.05, 3.63) is 11.6 Å². The standard InChI is InChI=1S/C30H51NO2/c1-20(2)7-6-8-21(3)24-11-12-25-23-10-9-22-19-30(33,27(32)14-18-31)17-16-28(22,4)26(23)13-15-29(24,25)5/h9,20-21,23-26,33H,6-8,10-19,31H2,1-5H3/t21-,23+,24-,25+,26+,28+,29-,30?/m1/s1. The molecule has 4 aliphatic rings. The van der Waals surface area contributed by atoms with Crippen molar-refractivity contribution in [3.8, 4) is 0 Å². The van der Waals surface area contributed by atoms with Gasteiger partial charge in [0.1, 0.15) is 5.60 Å². The summed E-state index contributed by atoms with van der Waals surface area (Å²) in [6, 6.07) is 0. The van der Waals surface area contributed by atoms with Crippen LogP contribution in [0.5, 0.6) is 0 Å². The third-order valence-corrected chi connectivity index (χ3v) is 11.3. The lowest BCUT2D eigenvalue weighted by Gasteiger charge is -2.59. The summed E-state index contributed by atoms with van der Waals surface area (Å²) in [7, 11) is 0. The highest BCUT2D eigenvalue weighted by molar-refractivity contribution is 5.87. The average Bonchev–Trinajstić information content (AvgIpc) is 3.11. The van der Waals surface area contributed by atoms with E-state index in [1.54, 1.807) is 0 Å². The Labute approximate surface area is 203 Å². The normalized spacial score (nSPS) is 43.5. The molecule has 188 valence electrons. The highest BCUT2D eigenvalue weighted by Crippen LogP contribution is 2.67. The number of carbonyl (C=O) groups excluding carboxylic acids is 1. The molecule has 3 heteroatoms. The molecule has 3 fully saturated rings. The second-order valence-electron chi connectivity index (χ2n) is 13.5. The van der Waals surface area contributed by atoms with E-state index in [4.69, 9.17) is 5.73 Å². The van der Waals surface area contributed by atoms with Gasteiger partial charge in [-0.15, -0.1) is 0 Å². The highest BCUT2D eigenvalue weighted by atomic mass is 16.3. The summed E-state index contributed by atoms with van der Waals surface area (Å²) in [6.07, 6.45) is 15.7. The van der Waals surface area contributed by atoms with Crippen LogP contribution in [0, 0.1) is 46.3 Å². The van der Waals surface area contributed by atoms with Crippen LogP contribution in [0.2, 0.25) is 0 Å². The largest absolute Gasteiger partial charge is 0.382 e. The molecule has 4 rings (SSSR count). The smallest absolute Gasteiger partial charge is 0.165 e. The molecule has 0 spiro atoms. The fourth-order valence-corrected chi connectivity index (χ4v) is 9.27. The van der Waals surface area contributed by atoms with Gasteiger partial charge in [-0.3, -0.25) is 4.79 Å².